The number of nitrogens with zero attached hydrogens (tertiary/aromatic N) is 4. The number of amides is 1. The van der Waals surface area contributed by atoms with Gasteiger partial charge < -0.3 is 14.5 Å². The van der Waals surface area contributed by atoms with Crippen molar-refractivity contribution in [2.45, 2.75) is 64.1 Å². The Kier molecular flexibility index (Phi) is 4.42. The molecule has 1 aromatic heterocycles. The highest BCUT2D eigenvalue weighted by atomic mass is 16.5. The van der Waals surface area contributed by atoms with Crippen molar-refractivity contribution in [1.82, 2.24) is 19.9 Å². The second-order valence-electron chi connectivity index (χ2n) is 7.46. The molecule has 7 nitrogen and oxygen atoms in total. The molecular formula is C16H26N4O3. The molecule has 3 rings (SSSR count). The van der Waals surface area contributed by atoms with Gasteiger partial charge >= 0.3 is 0 Å². The average molecular weight is 322 g/mol. The standard InChI is InChI=1S/C16H26N4O3/c1-11(21)20(9-14-17-15(23-18-14)12-4-5-12)13-6-7-19(8-13)10-16(2,3)22/h12-13,22H,4-10H2,1-3H3. The van der Waals surface area contributed by atoms with Gasteiger partial charge in [0.15, 0.2) is 5.82 Å². The highest BCUT2D eigenvalue weighted by Crippen LogP contribution is 2.38. The molecule has 0 radical (unpaired) electrons. The Bertz CT molecular complexity index is 562. The van der Waals surface area contributed by atoms with E-state index < -0.39 is 5.60 Å². The summed E-state index contributed by atoms with van der Waals surface area (Å²) in [7, 11) is 0. The van der Waals surface area contributed by atoms with E-state index in [2.05, 4.69) is 15.0 Å². The maximum Gasteiger partial charge on any atom is 0.229 e. The lowest BCUT2D eigenvalue weighted by Crippen LogP contribution is -2.42. The van der Waals surface area contributed by atoms with Gasteiger partial charge in [-0.3, -0.25) is 9.69 Å². The van der Waals surface area contributed by atoms with Gasteiger partial charge in [0.1, 0.15) is 0 Å². The van der Waals surface area contributed by atoms with E-state index in [1.165, 1.54) is 0 Å². The first-order valence-electron chi connectivity index (χ1n) is 8.36. The fourth-order valence-electron chi connectivity index (χ4n) is 3.24. The maximum atomic E-state index is 12.1. The van der Waals surface area contributed by atoms with Crippen molar-refractivity contribution >= 4 is 5.91 Å². The lowest BCUT2D eigenvalue weighted by molar-refractivity contribution is -0.131. The summed E-state index contributed by atoms with van der Waals surface area (Å²) in [5.74, 6) is 1.75. The molecular weight excluding hydrogens is 296 g/mol. The second kappa shape index (κ2) is 6.20. The molecule has 2 fully saturated rings. The number of likely N-dealkylation sites (tertiary alicyclic amines) is 1. The number of β-amino-alcohol motifs (C(OH)–C–C–N with tert-alkyl or cyclic N) is 1. The van der Waals surface area contributed by atoms with Gasteiger partial charge in [-0.05, 0) is 33.1 Å². The van der Waals surface area contributed by atoms with Crippen LogP contribution in [0.1, 0.15) is 57.7 Å². The fraction of sp³-hybridized carbons (Fsp3) is 0.812. The van der Waals surface area contributed by atoms with Gasteiger partial charge in [0, 0.05) is 38.5 Å². The largest absolute Gasteiger partial charge is 0.389 e. The molecule has 1 aliphatic heterocycles. The van der Waals surface area contributed by atoms with Gasteiger partial charge in [0.05, 0.1) is 12.1 Å². The van der Waals surface area contributed by atoms with E-state index >= 15 is 0 Å². The van der Waals surface area contributed by atoms with Gasteiger partial charge in [-0.1, -0.05) is 5.16 Å². The van der Waals surface area contributed by atoms with Crippen molar-refractivity contribution < 1.29 is 14.4 Å². The van der Waals surface area contributed by atoms with E-state index in [1.54, 1.807) is 6.92 Å². The van der Waals surface area contributed by atoms with Gasteiger partial charge in [-0.15, -0.1) is 0 Å². The summed E-state index contributed by atoms with van der Waals surface area (Å²) in [5.41, 5.74) is -0.719. The Morgan fingerprint density at radius 1 is 1.43 bits per heavy atom. The maximum absolute atomic E-state index is 12.1. The van der Waals surface area contributed by atoms with Gasteiger partial charge in [-0.2, -0.15) is 4.98 Å². The summed E-state index contributed by atoms with van der Waals surface area (Å²) in [4.78, 5) is 20.5. The Morgan fingerprint density at radius 2 is 2.17 bits per heavy atom. The Morgan fingerprint density at radius 3 is 2.78 bits per heavy atom. The molecule has 2 heterocycles. The summed E-state index contributed by atoms with van der Waals surface area (Å²) in [5, 5.41) is 14.0. The molecule has 0 bridgehead atoms. The van der Waals surface area contributed by atoms with Crippen LogP contribution in [-0.2, 0) is 11.3 Å². The fourth-order valence-corrected chi connectivity index (χ4v) is 3.24. The minimum absolute atomic E-state index is 0.0258. The highest BCUT2D eigenvalue weighted by molar-refractivity contribution is 5.73. The predicted octanol–water partition coefficient (Wildman–Crippen LogP) is 1.14. The van der Waals surface area contributed by atoms with Crippen LogP contribution in [0.25, 0.3) is 0 Å². The molecule has 7 heteroatoms. The molecule has 1 saturated carbocycles. The molecule has 1 atom stereocenters. The zero-order valence-corrected chi connectivity index (χ0v) is 14.2. The van der Waals surface area contributed by atoms with Crippen LogP contribution in [0.2, 0.25) is 0 Å². The Balaban J connectivity index is 1.61. The summed E-state index contributed by atoms with van der Waals surface area (Å²) in [6.45, 7) is 7.87. The molecule has 1 aromatic rings. The molecule has 128 valence electrons. The predicted molar refractivity (Wildman–Crippen MR) is 83.6 cm³/mol. The average Bonchev–Trinajstić information content (AvgIpc) is 3.02. The molecule has 2 aliphatic rings. The molecule has 1 N–H and O–H groups in total. The first-order valence-corrected chi connectivity index (χ1v) is 8.36. The first kappa shape index (κ1) is 16.4. The summed E-state index contributed by atoms with van der Waals surface area (Å²) >= 11 is 0. The van der Waals surface area contributed by atoms with Crippen LogP contribution in [0, 0.1) is 0 Å². The van der Waals surface area contributed by atoms with Crippen LogP contribution in [-0.4, -0.2) is 62.2 Å². The van der Waals surface area contributed by atoms with E-state index in [1.807, 2.05) is 18.7 Å². The van der Waals surface area contributed by atoms with E-state index in [9.17, 15) is 9.90 Å². The molecule has 1 saturated heterocycles. The number of hydrogen-bond acceptors (Lipinski definition) is 6. The number of aromatic nitrogens is 2. The third kappa shape index (κ3) is 4.29. The third-order valence-electron chi connectivity index (χ3n) is 4.43. The monoisotopic (exact) mass is 322 g/mol. The second-order valence-corrected chi connectivity index (χ2v) is 7.46. The van der Waals surface area contributed by atoms with Gasteiger partial charge in [0.25, 0.3) is 0 Å². The van der Waals surface area contributed by atoms with Crippen LogP contribution >= 0.6 is 0 Å². The topological polar surface area (TPSA) is 82.7 Å². The lowest BCUT2D eigenvalue weighted by Gasteiger charge is -2.28. The van der Waals surface area contributed by atoms with Crippen molar-refractivity contribution in [2.24, 2.45) is 0 Å². The first-order chi connectivity index (χ1) is 10.8. The molecule has 0 aromatic carbocycles. The van der Waals surface area contributed by atoms with Crippen LogP contribution < -0.4 is 0 Å². The van der Waals surface area contributed by atoms with Crippen molar-refractivity contribution in [3.05, 3.63) is 11.7 Å². The zero-order chi connectivity index (χ0) is 16.6. The SMILES string of the molecule is CC(=O)N(Cc1noc(C2CC2)n1)C1CCN(CC(C)(C)O)C1. The smallest absolute Gasteiger partial charge is 0.229 e. The van der Waals surface area contributed by atoms with Gasteiger partial charge in [0.2, 0.25) is 11.8 Å². The summed E-state index contributed by atoms with van der Waals surface area (Å²) < 4.78 is 5.28. The van der Waals surface area contributed by atoms with E-state index in [4.69, 9.17) is 4.52 Å². The normalized spacial score (nSPS) is 22.5. The van der Waals surface area contributed by atoms with Crippen LogP contribution in [0.15, 0.2) is 4.52 Å². The highest BCUT2D eigenvalue weighted by Gasteiger charge is 2.33. The Labute approximate surface area is 136 Å². The number of carbonyl (C=O) groups is 1. The molecule has 1 unspecified atom stereocenters. The number of aliphatic hydroxyl groups is 1. The van der Waals surface area contributed by atoms with E-state index in [0.717, 1.165) is 32.4 Å². The van der Waals surface area contributed by atoms with Crippen molar-refractivity contribution in [1.29, 1.82) is 0 Å². The quantitative estimate of drug-likeness (QED) is 0.846. The molecule has 23 heavy (non-hydrogen) atoms. The number of carbonyl (C=O) groups excluding carboxylic acids is 1. The molecule has 1 amide bonds. The van der Waals surface area contributed by atoms with E-state index in [0.29, 0.717) is 30.7 Å². The van der Waals surface area contributed by atoms with Crippen molar-refractivity contribution in [3.63, 3.8) is 0 Å². The van der Waals surface area contributed by atoms with Gasteiger partial charge in [-0.25, -0.2) is 0 Å². The van der Waals surface area contributed by atoms with E-state index in [-0.39, 0.29) is 11.9 Å². The summed E-state index contributed by atoms with van der Waals surface area (Å²) in [6.07, 6.45) is 3.14. The van der Waals surface area contributed by atoms with Crippen LogP contribution in [0.3, 0.4) is 0 Å². The summed E-state index contributed by atoms with van der Waals surface area (Å²) in [6, 6.07) is 0.137. The Hall–Kier alpha value is -1.47. The lowest BCUT2D eigenvalue weighted by atomic mass is 10.1. The van der Waals surface area contributed by atoms with Crippen LogP contribution in [0.4, 0.5) is 0 Å². The molecule has 1 aliphatic carbocycles. The van der Waals surface area contributed by atoms with Crippen molar-refractivity contribution in [2.75, 3.05) is 19.6 Å². The zero-order valence-electron chi connectivity index (χ0n) is 14.2. The number of hydrogen-bond donors (Lipinski definition) is 1. The third-order valence-corrected chi connectivity index (χ3v) is 4.43. The minimum atomic E-state index is -0.719. The number of rotatable bonds is 6. The molecule has 0 spiro atoms. The minimum Gasteiger partial charge on any atom is -0.389 e. The van der Waals surface area contributed by atoms with Crippen molar-refractivity contribution in [3.8, 4) is 0 Å². The van der Waals surface area contributed by atoms with Crippen LogP contribution in [0.5, 0.6) is 0 Å².